The second kappa shape index (κ2) is 10.4. The van der Waals surface area contributed by atoms with Crippen molar-refractivity contribution in [1.82, 2.24) is 5.32 Å². The highest BCUT2D eigenvalue weighted by Gasteiger charge is 2.20. The standard InChI is InChI=1S/C24H18ClNO6/c1-31-18-12-8-16(9-13-18)23(29)26-21(27)14-32-24(30)20-5-3-2-4-19(20)22(28)15-6-10-17(25)11-7-15/h2-13H,14H2,1H3,(H,26,27,29). The summed E-state index contributed by atoms with van der Waals surface area (Å²) in [6.45, 7) is -0.690. The van der Waals surface area contributed by atoms with Crippen LogP contribution >= 0.6 is 11.6 Å². The van der Waals surface area contributed by atoms with Gasteiger partial charge in [-0.3, -0.25) is 19.7 Å². The summed E-state index contributed by atoms with van der Waals surface area (Å²) in [5.74, 6) is -2.15. The lowest BCUT2D eigenvalue weighted by Crippen LogP contribution is -2.34. The van der Waals surface area contributed by atoms with E-state index in [0.717, 1.165) is 0 Å². The van der Waals surface area contributed by atoms with E-state index >= 15 is 0 Å². The third kappa shape index (κ3) is 5.59. The Labute approximate surface area is 188 Å². The number of hydrogen-bond acceptors (Lipinski definition) is 6. The van der Waals surface area contributed by atoms with Gasteiger partial charge in [-0.15, -0.1) is 0 Å². The Morgan fingerprint density at radius 1 is 0.812 bits per heavy atom. The molecule has 0 aliphatic heterocycles. The van der Waals surface area contributed by atoms with Gasteiger partial charge in [-0.05, 0) is 54.6 Å². The van der Waals surface area contributed by atoms with Crippen molar-refractivity contribution in [2.24, 2.45) is 0 Å². The molecule has 7 nitrogen and oxygen atoms in total. The van der Waals surface area contributed by atoms with Gasteiger partial charge in [0.15, 0.2) is 12.4 Å². The van der Waals surface area contributed by atoms with Crippen LogP contribution in [-0.4, -0.2) is 37.3 Å². The summed E-state index contributed by atoms with van der Waals surface area (Å²) in [5, 5.41) is 2.61. The van der Waals surface area contributed by atoms with E-state index in [-0.39, 0.29) is 16.7 Å². The molecule has 0 unspecified atom stereocenters. The molecule has 3 rings (SSSR count). The molecule has 0 saturated carbocycles. The average Bonchev–Trinajstić information content (AvgIpc) is 2.82. The first kappa shape index (κ1) is 22.7. The largest absolute Gasteiger partial charge is 0.497 e. The van der Waals surface area contributed by atoms with E-state index in [1.165, 1.54) is 31.4 Å². The maximum atomic E-state index is 12.8. The number of hydrogen-bond donors (Lipinski definition) is 1. The van der Waals surface area contributed by atoms with Crippen LogP contribution in [-0.2, 0) is 9.53 Å². The van der Waals surface area contributed by atoms with Crippen LogP contribution < -0.4 is 10.1 Å². The molecular formula is C24H18ClNO6. The summed E-state index contributed by atoms with van der Waals surface area (Å²) < 4.78 is 10.0. The molecule has 0 aliphatic rings. The van der Waals surface area contributed by atoms with Crippen molar-refractivity contribution in [3.63, 3.8) is 0 Å². The fraction of sp³-hybridized carbons (Fsp3) is 0.0833. The van der Waals surface area contributed by atoms with Crippen LogP contribution in [0.25, 0.3) is 0 Å². The van der Waals surface area contributed by atoms with Gasteiger partial charge in [0.2, 0.25) is 0 Å². The molecule has 0 aliphatic carbocycles. The Morgan fingerprint density at radius 3 is 2.03 bits per heavy atom. The number of carbonyl (C=O) groups is 4. The number of rotatable bonds is 7. The smallest absolute Gasteiger partial charge is 0.339 e. The van der Waals surface area contributed by atoms with Gasteiger partial charge in [0.05, 0.1) is 12.7 Å². The SMILES string of the molecule is COc1ccc(C(=O)NC(=O)COC(=O)c2ccccc2C(=O)c2ccc(Cl)cc2)cc1. The van der Waals surface area contributed by atoms with Crippen molar-refractivity contribution in [1.29, 1.82) is 0 Å². The van der Waals surface area contributed by atoms with Crippen LogP contribution in [0, 0.1) is 0 Å². The lowest BCUT2D eigenvalue weighted by Gasteiger charge is -2.09. The summed E-state index contributed by atoms with van der Waals surface area (Å²) in [6.07, 6.45) is 0. The topological polar surface area (TPSA) is 98.8 Å². The van der Waals surface area contributed by atoms with E-state index in [1.54, 1.807) is 48.5 Å². The van der Waals surface area contributed by atoms with Crippen molar-refractivity contribution in [2.45, 2.75) is 0 Å². The van der Waals surface area contributed by atoms with Gasteiger partial charge in [-0.2, -0.15) is 0 Å². The molecular weight excluding hydrogens is 434 g/mol. The number of methoxy groups -OCH3 is 1. The number of imide groups is 1. The monoisotopic (exact) mass is 451 g/mol. The van der Waals surface area contributed by atoms with Gasteiger partial charge in [-0.25, -0.2) is 4.79 Å². The molecule has 2 amide bonds. The molecule has 1 N–H and O–H groups in total. The molecule has 162 valence electrons. The fourth-order valence-corrected chi connectivity index (χ4v) is 2.93. The maximum absolute atomic E-state index is 12.8. The third-order valence-electron chi connectivity index (χ3n) is 4.44. The zero-order valence-electron chi connectivity index (χ0n) is 17.0. The number of esters is 1. The number of carbonyl (C=O) groups excluding carboxylic acids is 4. The maximum Gasteiger partial charge on any atom is 0.339 e. The summed E-state index contributed by atoms with van der Waals surface area (Å²) in [7, 11) is 1.49. The second-order valence-electron chi connectivity index (χ2n) is 6.56. The highest BCUT2D eigenvalue weighted by atomic mass is 35.5. The first-order valence-corrected chi connectivity index (χ1v) is 9.81. The molecule has 0 bridgehead atoms. The van der Waals surface area contributed by atoms with E-state index in [2.05, 4.69) is 5.32 Å². The van der Waals surface area contributed by atoms with Gasteiger partial charge >= 0.3 is 5.97 Å². The molecule has 0 spiro atoms. The Bertz CT molecular complexity index is 1160. The molecule has 0 aromatic heterocycles. The molecule has 32 heavy (non-hydrogen) atoms. The van der Waals surface area contributed by atoms with E-state index in [1.807, 2.05) is 0 Å². The Kier molecular flexibility index (Phi) is 7.36. The van der Waals surface area contributed by atoms with E-state index < -0.39 is 30.2 Å². The predicted molar refractivity (Wildman–Crippen MR) is 117 cm³/mol. The Morgan fingerprint density at radius 2 is 1.41 bits per heavy atom. The number of halogens is 1. The van der Waals surface area contributed by atoms with Gasteiger partial charge in [0.25, 0.3) is 11.8 Å². The summed E-state index contributed by atoms with van der Waals surface area (Å²) in [5.41, 5.74) is 0.707. The van der Waals surface area contributed by atoms with Crippen LogP contribution in [0.4, 0.5) is 0 Å². The van der Waals surface area contributed by atoms with Crippen molar-refractivity contribution in [2.75, 3.05) is 13.7 Å². The average molecular weight is 452 g/mol. The van der Waals surface area contributed by atoms with Gasteiger partial charge in [-0.1, -0.05) is 29.8 Å². The van der Waals surface area contributed by atoms with Gasteiger partial charge in [0.1, 0.15) is 5.75 Å². The molecule has 3 aromatic carbocycles. The number of benzene rings is 3. The molecule has 3 aromatic rings. The van der Waals surface area contributed by atoms with Crippen molar-refractivity contribution < 1.29 is 28.7 Å². The number of nitrogens with one attached hydrogen (secondary N) is 1. The normalized spacial score (nSPS) is 10.2. The molecule has 0 fully saturated rings. The van der Waals surface area contributed by atoms with Crippen LogP contribution in [0.2, 0.25) is 5.02 Å². The fourth-order valence-electron chi connectivity index (χ4n) is 2.80. The minimum Gasteiger partial charge on any atom is -0.497 e. The number of ether oxygens (including phenoxy) is 2. The summed E-state index contributed by atoms with van der Waals surface area (Å²) >= 11 is 5.85. The zero-order chi connectivity index (χ0) is 23.1. The quantitative estimate of drug-likeness (QED) is 0.434. The Balaban J connectivity index is 1.63. The van der Waals surface area contributed by atoms with Gasteiger partial charge in [0, 0.05) is 21.7 Å². The molecule has 0 radical (unpaired) electrons. The minimum absolute atomic E-state index is 0.00160. The zero-order valence-corrected chi connectivity index (χ0v) is 17.7. The van der Waals surface area contributed by atoms with Crippen LogP contribution in [0.1, 0.15) is 36.6 Å². The lowest BCUT2D eigenvalue weighted by molar-refractivity contribution is -0.123. The lowest BCUT2D eigenvalue weighted by atomic mass is 9.98. The van der Waals surface area contributed by atoms with E-state index in [9.17, 15) is 19.2 Å². The van der Waals surface area contributed by atoms with Gasteiger partial charge < -0.3 is 9.47 Å². The van der Waals surface area contributed by atoms with E-state index in [4.69, 9.17) is 21.1 Å². The van der Waals surface area contributed by atoms with Crippen LogP contribution in [0.15, 0.2) is 72.8 Å². The molecule has 8 heteroatoms. The highest BCUT2D eigenvalue weighted by molar-refractivity contribution is 6.30. The Hall–Kier alpha value is -3.97. The predicted octanol–water partition coefficient (Wildman–Crippen LogP) is 3.69. The first-order chi connectivity index (χ1) is 15.4. The van der Waals surface area contributed by atoms with Crippen molar-refractivity contribution in [3.05, 3.63) is 100 Å². The van der Waals surface area contributed by atoms with Crippen LogP contribution in [0.5, 0.6) is 5.75 Å². The number of amides is 2. The highest BCUT2D eigenvalue weighted by Crippen LogP contribution is 2.18. The third-order valence-corrected chi connectivity index (χ3v) is 4.69. The number of ketones is 1. The molecule has 0 heterocycles. The van der Waals surface area contributed by atoms with Crippen molar-refractivity contribution in [3.8, 4) is 5.75 Å². The van der Waals surface area contributed by atoms with Crippen LogP contribution in [0.3, 0.4) is 0 Å². The molecule has 0 saturated heterocycles. The minimum atomic E-state index is -0.866. The molecule has 0 atom stereocenters. The first-order valence-electron chi connectivity index (χ1n) is 9.43. The van der Waals surface area contributed by atoms with E-state index in [0.29, 0.717) is 16.3 Å². The second-order valence-corrected chi connectivity index (χ2v) is 7.00. The summed E-state index contributed by atoms with van der Waals surface area (Å²) in [6, 6.07) is 18.5. The summed E-state index contributed by atoms with van der Waals surface area (Å²) in [4.78, 5) is 49.5. The van der Waals surface area contributed by atoms with Crippen molar-refractivity contribution >= 4 is 35.2 Å².